The van der Waals surface area contributed by atoms with Crippen molar-refractivity contribution in [3.05, 3.63) is 0 Å². The SMILES string of the molecule is CC.CC.CCCN(CC)NC. The van der Waals surface area contributed by atoms with Crippen LogP contribution >= 0.6 is 0 Å². The smallest absolute Gasteiger partial charge is 0.0128 e. The molecule has 0 aromatic carbocycles. The minimum atomic E-state index is 1.09. The van der Waals surface area contributed by atoms with Gasteiger partial charge in [-0.15, -0.1) is 0 Å². The van der Waals surface area contributed by atoms with Gasteiger partial charge in [0.1, 0.15) is 0 Å². The number of rotatable bonds is 4. The summed E-state index contributed by atoms with van der Waals surface area (Å²) in [6.07, 6.45) is 1.22. The van der Waals surface area contributed by atoms with Crippen LogP contribution in [0.1, 0.15) is 48.0 Å². The van der Waals surface area contributed by atoms with Gasteiger partial charge in [0.15, 0.2) is 0 Å². The maximum absolute atomic E-state index is 3.09. The quantitative estimate of drug-likeness (QED) is 0.663. The van der Waals surface area contributed by atoms with E-state index >= 15 is 0 Å². The van der Waals surface area contributed by atoms with Crippen LogP contribution in [0.3, 0.4) is 0 Å². The maximum Gasteiger partial charge on any atom is 0.0128 e. The van der Waals surface area contributed by atoms with Gasteiger partial charge < -0.3 is 0 Å². The van der Waals surface area contributed by atoms with Gasteiger partial charge in [-0.2, -0.15) is 0 Å². The summed E-state index contributed by atoms with van der Waals surface area (Å²) in [4.78, 5) is 0. The fraction of sp³-hybridized carbons (Fsp3) is 1.00. The number of nitrogens with one attached hydrogen (secondary N) is 1. The summed E-state index contributed by atoms with van der Waals surface area (Å²) in [5.74, 6) is 0. The van der Waals surface area contributed by atoms with Crippen LogP contribution in [-0.2, 0) is 0 Å². The van der Waals surface area contributed by atoms with Crippen LogP contribution in [-0.4, -0.2) is 25.1 Å². The van der Waals surface area contributed by atoms with Crippen molar-refractivity contribution in [2.45, 2.75) is 48.0 Å². The van der Waals surface area contributed by atoms with Gasteiger partial charge in [0.2, 0.25) is 0 Å². The molecule has 0 aliphatic rings. The summed E-state index contributed by atoms with van der Waals surface area (Å²) in [6, 6.07) is 0. The third-order valence-electron chi connectivity index (χ3n) is 1.19. The third kappa shape index (κ3) is 16.5. The van der Waals surface area contributed by atoms with Gasteiger partial charge in [0, 0.05) is 13.1 Å². The van der Waals surface area contributed by atoms with Crippen molar-refractivity contribution in [2.24, 2.45) is 0 Å². The highest BCUT2D eigenvalue weighted by molar-refractivity contribution is 4.41. The second-order valence-corrected chi connectivity index (χ2v) is 1.80. The van der Waals surface area contributed by atoms with Crippen molar-refractivity contribution in [3.63, 3.8) is 0 Å². The molecule has 0 heterocycles. The van der Waals surface area contributed by atoms with Crippen molar-refractivity contribution < 1.29 is 0 Å². The molecular weight excluding hydrogens is 148 g/mol. The zero-order chi connectivity index (χ0) is 10.4. The maximum atomic E-state index is 3.09. The van der Waals surface area contributed by atoms with Gasteiger partial charge in [-0.25, -0.2) is 5.01 Å². The second kappa shape index (κ2) is 22.4. The van der Waals surface area contributed by atoms with Crippen LogP contribution in [0.4, 0.5) is 0 Å². The molecule has 0 spiro atoms. The van der Waals surface area contributed by atoms with E-state index in [1.165, 1.54) is 6.42 Å². The van der Waals surface area contributed by atoms with E-state index < -0.39 is 0 Å². The lowest BCUT2D eigenvalue weighted by Crippen LogP contribution is -2.35. The molecule has 0 aromatic heterocycles. The van der Waals surface area contributed by atoms with Gasteiger partial charge in [-0.05, 0) is 13.5 Å². The van der Waals surface area contributed by atoms with Gasteiger partial charge in [-0.3, -0.25) is 5.43 Å². The van der Waals surface area contributed by atoms with E-state index in [-0.39, 0.29) is 0 Å². The normalized spacial score (nSPS) is 8.00. The molecule has 12 heavy (non-hydrogen) atoms. The molecule has 0 aliphatic carbocycles. The minimum absolute atomic E-state index is 1.09. The number of nitrogens with zero attached hydrogens (tertiary/aromatic N) is 1. The van der Waals surface area contributed by atoms with Crippen LogP contribution in [0, 0.1) is 0 Å². The van der Waals surface area contributed by atoms with E-state index in [1.807, 2.05) is 34.7 Å². The highest BCUT2D eigenvalue weighted by Crippen LogP contribution is 1.81. The highest BCUT2D eigenvalue weighted by Gasteiger charge is 1.91. The van der Waals surface area contributed by atoms with Crippen LogP contribution in [0.2, 0.25) is 0 Å². The standard InChI is InChI=1S/C6H16N2.2C2H6/c1-4-6-8(5-2)7-3;2*1-2/h7H,4-6H2,1-3H3;2*1-2H3. The van der Waals surface area contributed by atoms with Gasteiger partial charge in [0.05, 0.1) is 0 Å². The van der Waals surface area contributed by atoms with Crippen molar-refractivity contribution in [1.82, 2.24) is 10.4 Å². The Morgan fingerprint density at radius 1 is 1.00 bits per heavy atom. The second-order valence-electron chi connectivity index (χ2n) is 1.80. The van der Waals surface area contributed by atoms with Crippen LogP contribution < -0.4 is 5.43 Å². The number of hydrazine groups is 1. The Bertz CT molecular complexity index is 43.1. The lowest BCUT2D eigenvalue weighted by atomic mass is 10.5. The van der Waals surface area contributed by atoms with Crippen LogP contribution in [0.25, 0.3) is 0 Å². The number of hydrogen-bond donors (Lipinski definition) is 1. The average Bonchev–Trinajstić information content (AvgIpc) is 2.20. The predicted octanol–water partition coefficient (Wildman–Crippen LogP) is 2.91. The molecule has 0 unspecified atom stereocenters. The topological polar surface area (TPSA) is 15.3 Å². The molecule has 0 atom stereocenters. The third-order valence-corrected chi connectivity index (χ3v) is 1.19. The predicted molar refractivity (Wildman–Crippen MR) is 59.3 cm³/mol. The Labute approximate surface area is 79.3 Å². The van der Waals surface area contributed by atoms with Gasteiger partial charge in [-0.1, -0.05) is 41.5 Å². The summed E-state index contributed by atoms with van der Waals surface area (Å²) in [6.45, 7) is 14.6. The van der Waals surface area contributed by atoms with E-state index in [4.69, 9.17) is 0 Å². The van der Waals surface area contributed by atoms with Crippen molar-refractivity contribution in [2.75, 3.05) is 20.1 Å². The first-order valence-corrected chi connectivity index (χ1v) is 5.27. The zero-order valence-electron chi connectivity index (χ0n) is 10.1. The Morgan fingerprint density at radius 2 is 1.42 bits per heavy atom. The molecule has 2 heteroatoms. The van der Waals surface area contributed by atoms with Crippen molar-refractivity contribution in [1.29, 1.82) is 0 Å². The highest BCUT2D eigenvalue weighted by atomic mass is 15.5. The summed E-state index contributed by atoms with van der Waals surface area (Å²) in [7, 11) is 1.96. The molecule has 0 aliphatic heterocycles. The van der Waals surface area contributed by atoms with E-state index in [2.05, 4.69) is 24.3 Å². The summed E-state index contributed by atoms with van der Waals surface area (Å²) in [5.41, 5.74) is 3.09. The molecule has 1 N–H and O–H groups in total. The van der Waals surface area contributed by atoms with E-state index in [1.54, 1.807) is 0 Å². The lowest BCUT2D eigenvalue weighted by Gasteiger charge is -2.16. The van der Waals surface area contributed by atoms with Crippen LogP contribution in [0.5, 0.6) is 0 Å². The first-order chi connectivity index (χ1) is 5.85. The molecular formula is C10H28N2. The molecule has 0 saturated carbocycles. The van der Waals surface area contributed by atoms with Gasteiger partial charge >= 0.3 is 0 Å². The molecule has 0 rings (SSSR count). The fourth-order valence-corrected chi connectivity index (χ4v) is 0.698. The molecule has 0 aromatic rings. The monoisotopic (exact) mass is 176 g/mol. The summed E-state index contributed by atoms with van der Waals surface area (Å²) in [5, 5.41) is 2.18. The lowest BCUT2D eigenvalue weighted by molar-refractivity contribution is 0.220. The Hall–Kier alpha value is -0.0800. The molecule has 0 amide bonds. The van der Waals surface area contributed by atoms with Crippen molar-refractivity contribution >= 4 is 0 Å². The molecule has 0 radical (unpaired) electrons. The van der Waals surface area contributed by atoms with E-state index in [0.29, 0.717) is 0 Å². The van der Waals surface area contributed by atoms with Crippen LogP contribution in [0.15, 0.2) is 0 Å². The zero-order valence-corrected chi connectivity index (χ0v) is 10.1. The average molecular weight is 176 g/mol. The summed E-state index contributed by atoms with van der Waals surface area (Å²) < 4.78 is 0. The molecule has 0 bridgehead atoms. The van der Waals surface area contributed by atoms with Crippen molar-refractivity contribution in [3.8, 4) is 0 Å². The minimum Gasteiger partial charge on any atom is -0.258 e. The Balaban J connectivity index is -0.000000175. The molecule has 0 fully saturated rings. The molecule has 78 valence electrons. The number of hydrogen-bond acceptors (Lipinski definition) is 2. The molecule has 0 saturated heterocycles. The largest absolute Gasteiger partial charge is 0.258 e. The Kier molecular flexibility index (Phi) is 33.4. The van der Waals surface area contributed by atoms with E-state index in [9.17, 15) is 0 Å². The summed E-state index contributed by atoms with van der Waals surface area (Å²) >= 11 is 0. The first-order valence-electron chi connectivity index (χ1n) is 5.27. The van der Waals surface area contributed by atoms with E-state index in [0.717, 1.165) is 13.1 Å². The van der Waals surface area contributed by atoms with Gasteiger partial charge in [0.25, 0.3) is 0 Å². The Morgan fingerprint density at radius 3 is 1.50 bits per heavy atom. The first kappa shape index (κ1) is 17.9. The fourth-order valence-electron chi connectivity index (χ4n) is 0.698. The molecule has 2 nitrogen and oxygen atoms in total.